The molecule has 0 spiro atoms. The fourth-order valence-corrected chi connectivity index (χ4v) is 1.56. The molecule has 1 aromatic heterocycles. The highest BCUT2D eigenvalue weighted by Gasteiger charge is 2.16. The Hall–Kier alpha value is -1.63. The van der Waals surface area contributed by atoms with Crippen LogP contribution in [0.3, 0.4) is 0 Å². The number of benzene rings is 1. The summed E-state index contributed by atoms with van der Waals surface area (Å²) in [4.78, 5) is 3.80. The maximum Gasteiger partial charge on any atom is 0.318 e. The zero-order chi connectivity index (χ0) is 12.4. The van der Waals surface area contributed by atoms with Crippen LogP contribution in [-0.2, 0) is 0 Å². The molecule has 5 nitrogen and oxygen atoms in total. The second-order valence-corrected chi connectivity index (χ2v) is 4.24. The number of nitrogen functional groups attached to an aromatic ring is 1. The summed E-state index contributed by atoms with van der Waals surface area (Å²) in [5, 5.41) is 3.59. The molecule has 7 heteroatoms. The Balaban J connectivity index is 2.15. The molecule has 0 aliphatic heterocycles. The predicted molar refractivity (Wildman–Crippen MR) is 61.9 cm³/mol. The van der Waals surface area contributed by atoms with Crippen molar-refractivity contribution in [3.05, 3.63) is 34.3 Å². The molecule has 0 radical (unpaired) electrons. The van der Waals surface area contributed by atoms with E-state index in [9.17, 15) is 4.39 Å². The number of aromatic nitrogens is 2. The summed E-state index contributed by atoms with van der Waals surface area (Å²) in [7, 11) is 0. The van der Waals surface area contributed by atoms with Crippen molar-refractivity contribution in [1.29, 1.82) is 0 Å². The Kier molecular flexibility index (Phi) is 3.28. The van der Waals surface area contributed by atoms with E-state index in [1.807, 2.05) is 0 Å². The van der Waals surface area contributed by atoms with E-state index in [1.165, 1.54) is 12.1 Å². The predicted octanol–water partition coefficient (Wildman–Crippen LogP) is 2.69. The summed E-state index contributed by atoms with van der Waals surface area (Å²) in [6, 6.07) is 4.45. The van der Waals surface area contributed by atoms with Crippen molar-refractivity contribution in [1.82, 2.24) is 10.1 Å². The van der Waals surface area contributed by atoms with Crippen LogP contribution in [0.5, 0.6) is 5.75 Å². The first-order valence-corrected chi connectivity index (χ1v) is 5.56. The summed E-state index contributed by atoms with van der Waals surface area (Å²) in [6.07, 6.45) is -0.549. The third-order valence-corrected chi connectivity index (χ3v) is 2.51. The maximum absolute atomic E-state index is 13.5. The molecule has 0 bridgehead atoms. The highest BCUT2D eigenvalue weighted by Crippen LogP contribution is 2.25. The molecule has 1 heterocycles. The molecule has 2 rings (SSSR count). The van der Waals surface area contributed by atoms with Crippen molar-refractivity contribution < 1.29 is 13.7 Å². The first-order chi connectivity index (χ1) is 8.06. The Labute approximate surface area is 105 Å². The molecular weight excluding hydrogens is 293 g/mol. The summed E-state index contributed by atoms with van der Waals surface area (Å²) in [6.45, 7) is 1.67. The topological polar surface area (TPSA) is 74.2 Å². The van der Waals surface area contributed by atoms with E-state index in [4.69, 9.17) is 10.5 Å². The fourth-order valence-electron chi connectivity index (χ4n) is 1.23. The summed E-state index contributed by atoms with van der Waals surface area (Å²) in [5.41, 5.74) is 5.28. The second-order valence-electron chi connectivity index (χ2n) is 3.33. The first-order valence-electron chi connectivity index (χ1n) is 4.77. The standard InChI is InChI=1S/C10H9BrFN3O2/c1-5(9-14-10(13)17-15-9)16-8-3-2-6(11)4-7(8)12/h2-5H,1H3,(H2,13,14,15)/t5-/m0/s1. The smallest absolute Gasteiger partial charge is 0.318 e. The molecule has 1 aromatic carbocycles. The SMILES string of the molecule is C[C@H](Oc1ccc(Br)cc1F)c1noc(N)n1. The van der Waals surface area contributed by atoms with Gasteiger partial charge < -0.3 is 15.0 Å². The van der Waals surface area contributed by atoms with Gasteiger partial charge in [-0.2, -0.15) is 4.98 Å². The van der Waals surface area contributed by atoms with Gasteiger partial charge in [0.1, 0.15) is 0 Å². The van der Waals surface area contributed by atoms with Gasteiger partial charge in [0.2, 0.25) is 5.82 Å². The van der Waals surface area contributed by atoms with Crippen molar-refractivity contribution in [3.8, 4) is 5.75 Å². The largest absolute Gasteiger partial charge is 0.480 e. The molecule has 0 saturated heterocycles. The third kappa shape index (κ3) is 2.73. The van der Waals surface area contributed by atoms with E-state index in [2.05, 4.69) is 30.6 Å². The summed E-state index contributed by atoms with van der Waals surface area (Å²) in [5.74, 6) is -0.0865. The van der Waals surface area contributed by atoms with Gasteiger partial charge in [0.05, 0.1) is 0 Å². The molecule has 0 amide bonds. The Morgan fingerprint density at radius 1 is 1.53 bits per heavy atom. The molecule has 0 aliphatic rings. The Morgan fingerprint density at radius 3 is 2.88 bits per heavy atom. The quantitative estimate of drug-likeness (QED) is 0.943. The first kappa shape index (κ1) is 11.8. The van der Waals surface area contributed by atoms with Crippen LogP contribution < -0.4 is 10.5 Å². The van der Waals surface area contributed by atoms with Crippen LogP contribution in [0, 0.1) is 5.82 Å². The van der Waals surface area contributed by atoms with Crippen LogP contribution in [0.4, 0.5) is 10.4 Å². The van der Waals surface area contributed by atoms with E-state index < -0.39 is 11.9 Å². The molecule has 1 atom stereocenters. The average Bonchev–Trinajstić information content (AvgIpc) is 2.69. The molecule has 90 valence electrons. The van der Waals surface area contributed by atoms with Crippen LogP contribution in [0.15, 0.2) is 27.2 Å². The van der Waals surface area contributed by atoms with Crippen LogP contribution in [-0.4, -0.2) is 10.1 Å². The van der Waals surface area contributed by atoms with Crippen molar-refractivity contribution in [2.75, 3.05) is 5.73 Å². The van der Waals surface area contributed by atoms with Gasteiger partial charge in [0, 0.05) is 4.47 Å². The Bertz CT molecular complexity index is 532. The number of hydrogen-bond acceptors (Lipinski definition) is 5. The van der Waals surface area contributed by atoms with Gasteiger partial charge in [-0.25, -0.2) is 4.39 Å². The number of nitrogens with two attached hydrogens (primary N) is 1. The zero-order valence-corrected chi connectivity index (χ0v) is 10.4. The normalized spacial score (nSPS) is 12.4. The van der Waals surface area contributed by atoms with E-state index >= 15 is 0 Å². The van der Waals surface area contributed by atoms with Gasteiger partial charge in [-0.05, 0) is 25.1 Å². The molecule has 17 heavy (non-hydrogen) atoms. The number of ether oxygens (including phenoxy) is 1. The number of nitrogens with zero attached hydrogens (tertiary/aromatic N) is 2. The minimum Gasteiger partial charge on any atom is -0.480 e. The molecule has 2 aromatic rings. The van der Waals surface area contributed by atoms with Gasteiger partial charge in [0.15, 0.2) is 17.7 Å². The lowest BCUT2D eigenvalue weighted by Gasteiger charge is -2.11. The van der Waals surface area contributed by atoms with Crippen molar-refractivity contribution in [3.63, 3.8) is 0 Å². The highest BCUT2D eigenvalue weighted by atomic mass is 79.9. The van der Waals surface area contributed by atoms with Crippen LogP contribution in [0.1, 0.15) is 18.9 Å². The van der Waals surface area contributed by atoms with Gasteiger partial charge in [0.25, 0.3) is 0 Å². The average molecular weight is 302 g/mol. The number of anilines is 1. The van der Waals surface area contributed by atoms with Crippen LogP contribution >= 0.6 is 15.9 Å². The molecule has 0 saturated carbocycles. The van der Waals surface area contributed by atoms with Crippen molar-refractivity contribution >= 4 is 21.9 Å². The molecule has 0 unspecified atom stereocenters. The van der Waals surface area contributed by atoms with Crippen LogP contribution in [0.2, 0.25) is 0 Å². The molecule has 0 aliphatic carbocycles. The fraction of sp³-hybridized carbons (Fsp3) is 0.200. The number of rotatable bonds is 3. The minimum atomic E-state index is -0.549. The zero-order valence-electron chi connectivity index (χ0n) is 8.85. The van der Waals surface area contributed by atoms with E-state index in [-0.39, 0.29) is 17.6 Å². The van der Waals surface area contributed by atoms with Crippen molar-refractivity contribution in [2.24, 2.45) is 0 Å². The summed E-state index contributed by atoms with van der Waals surface area (Å²) >= 11 is 3.16. The highest BCUT2D eigenvalue weighted by molar-refractivity contribution is 9.10. The van der Waals surface area contributed by atoms with E-state index in [0.29, 0.717) is 4.47 Å². The van der Waals surface area contributed by atoms with Crippen molar-refractivity contribution in [2.45, 2.75) is 13.0 Å². The van der Waals surface area contributed by atoms with Gasteiger partial charge >= 0.3 is 6.01 Å². The van der Waals surface area contributed by atoms with Gasteiger partial charge in [-0.3, -0.25) is 0 Å². The van der Waals surface area contributed by atoms with Gasteiger partial charge in [-0.1, -0.05) is 21.1 Å². The second kappa shape index (κ2) is 4.70. The van der Waals surface area contributed by atoms with Gasteiger partial charge in [-0.15, -0.1) is 0 Å². The number of hydrogen-bond donors (Lipinski definition) is 1. The maximum atomic E-state index is 13.5. The lowest BCUT2D eigenvalue weighted by Crippen LogP contribution is -2.06. The molecule has 2 N–H and O–H groups in total. The molecular formula is C10H9BrFN3O2. The summed E-state index contributed by atoms with van der Waals surface area (Å²) < 4.78 is 24.1. The van der Waals surface area contributed by atoms with E-state index in [0.717, 1.165) is 0 Å². The monoisotopic (exact) mass is 301 g/mol. The minimum absolute atomic E-state index is 0.0493. The lowest BCUT2D eigenvalue weighted by molar-refractivity contribution is 0.201. The third-order valence-electron chi connectivity index (χ3n) is 2.02. The molecule has 0 fully saturated rings. The van der Waals surface area contributed by atoms with Crippen LogP contribution in [0.25, 0.3) is 0 Å². The number of halogens is 2. The lowest BCUT2D eigenvalue weighted by atomic mass is 10.3. The Morgan fingerprint density at radius 2 is 2.29 bits per heavy atom. The van der Waals surface area contributed by atoms with E-state index in [1.54, 1.807) is 13.0 Å².